The Kier molecular flexibility index (Phi) is 53.6. The molecule has 0 heterocycles. The third kappa shape index (κ3) is 51.2. The largest absolute Gasteiger partial charge is 0.466 e. The minimum Gasteiger partial charge on any atom is -0.466 e. The molecule has 0 rings (SSSR count). The Hall–Kier alpha value is -2.18. The molecule has 0 bridgehead atoms. The van der Waals surface area contributed by atoms with Crippen molar-refractivity contribution in [1.29, 1.82) is 0 Å². The molecule has 0 aliphatic rings. The van der Waals surface area contributed by atoms with Gasteiger partial charge in [0.15, 0.2) is 0 Å². The number of amides is 1. The number of hydrogen-bond donors (Lipinski definition) is 3. The molecule has 386 valence electrons. The smallest absolute Gasteiger partial charge is 0.305 e. The average Bonchev–Trinajstić information content (AvgIpc) is 3.32. The van der Waals surface area contributed by atoms with Gasteiger partial charge in [-0.25, -0.2) is 0 Å². The van der Waals surface area contributed by atoms with Crippen LogP contribution in [0.5, 0.6) is 0 Å². The van der Waals surface area contributed by atoms with Gasteiger partial charge in [-0.05, 0) is 89.9 Å². The number of carbonyl (C=O) groups is 2. The zero-order chi connectivity index (χ0) is 47.9. The van der Waals surface area contributed by atoms with Crippen molar-refractivity contribution in [2.75, 3.05) is 13.2 Å². The zero-order valence-electron chi connectivity index (χ0n) is 43.9. The first-order valence-electron chi connectivity index (χ1n) is 28.9. The van der Waals surface area contributed by atoms with Crippen molar-refractivity contribution in [2.24, 2.45) is 0 Å². The average molecular weight is 927 g/mol. The number of nitrogens with one attached hydrogen (secondary N) is 1. The number of ether oxygens (including phenoxy) is 1. The van der Waals surface area contributed by atoms with E-state index in [0.29, 0.717) is 19.4 Å². The van der Waals surface area contributed by atoms with Crippen molar-refractivity contribution in [3.8, 4) is 0 Å². The predicted octanol–water partition coefficient (Wildman–Crippen LogP) is 17.8. The molecule has 0 aromatic carbocycles. The van der Waals surface area contributed by atoms with E-state index in [4.69, 9.17) is 4.74 Å². The van der Waals surface area contributed by atoms with Crippen LogP contribution in [-0.2, 0) is 14.3 Å². The van der Waals surface area contributed by atoms with Gasteiger partial charge in [0.1, 0.15) is 0 Å². The van der Waals surface area contributed by atoms with Crippen molar-refractivity contribution in [3.63, 3.8) is 0 Å². The summed E-state index contributed by atoms with van der Waals surface area (Å²) in [5.41, 5.74) is 0. The standard InChI is InChI=1S/C60H111NO5/c1-3-5-7-9-11-13-15-17-18-19-23-26-30-34-38-42-46-50-54-60(65)66-55-51-47-43-39-35-31-27-24-21-20-22-25-29-33-37-41-45-49-53-59(64)61-57(56-62)58(63)52-48-44-40-36-32-28-16-14-12-10-8-6-4-2/h13,15,18-19,22,25,48,52,57-58,62-63H,3-12,14,16-17,20-21,23-24,26-47,49-51,53-56H2,1-2H3,(H,61,64)/b15-13-,19-18-,25-22-,52-48+. The predicted molar refractivity (Wildman–Crippen MR) is 287 cm³/mol. The van der Waals surface area contributed by atoms with Crippen molar-refractivity contribution in [2.45, 2.75) is 309 Å². The number of aliphatic hydroxyl groups is 2. The third-order valence-electron chi connectivity index (χ3n) is 13.1. The first-order chi connectivity index (χ1) is 32.5. The molecule has 3 N–H and O–H groups in total. The first-order valence-corrected chi connectivity index (χ1v) is 28.9. The van der Waals surface area contributed by atoms with Gasteiger partial charge in [-0.3, -0.25) is 9.59 Å². The molecule has 2 atom stereocenters. The lowest BCUT2D eigenvalue weighted by Crippen LogP contribution is -2.45. The summed E-state index contributed by atoms with van der Waals surface area (Å²) in [7, 11) is 0. The molecule has 0 radical (unpaired) electrons. The van der Waals surface area contributed by atoms with Crippen molar-refractivity contribution in [3.05, 3.63) is 48.6 Å². The van der Waals surface area contributed by atoms with Gasteiger partial charge in [-0.2, -0.15) is 0 Å². The highest BCUT2D eigenvalue weighted by molar-refractivity contribution is 5.76. The van der Waals surface area contributed by atoms with Crippen molar-refractivity contribution < 1.29 is 24.5 Å². The minimum absolute atomic E-state index is 0.00580. The monoisotopic (exact) mass is 926 g/mol. The van der Waals surface area contributed by atoms with Gasteiger partial charge in [-0.15, -0.1) is 0 Å². The Morgan fingerprint density at radius 3 is 1.18 bits per heavy atom. The maximum absolute atomic E-state index is 12.4. The topological polar surface area (TPSA) is 95.9 Å². The molecule has 6 nitrogen and oxygen atoms in total. The maximum atomic E-state index is 12.4. The van der Waals surface area contributed by atoms with E-state index >= 15 is 0 Å². The molecule has 66 heavy (non-hydrogen) atoms. The lowest BCUT2D eigenvalue weighted by molar-refractivity contribution is -0.143. The van der Waals surface area contributed by atoms with Crippen LogP contribution in [0.25, 0.3) is 0 Å². The molecule has 0 aromatic heterocycles. The number of carbonyl (C=O) groups excluding carboxylic acids is 2. The van der Waals surface area contributed by atoms with Crippen LogP contribution in [0.4, 0.5) is 0 Å². The van der Waals surface area contributed by atoms with Crippen LogP contribution in [-0.4, -0.2) is 47.4 Å². The molecule has 2 unspecified atom stereocenters. The second-order valence-corrected chi connectivity index (χ2v) is 19.6. The van der Waals surface area contributed by atoms with Crippen LogP contribution in [0, 0.1) is 0 Å². The Labute approximate surface area is 410 Å². The Morgan fingerprint density at radius 2 is 0.758 bits per heavy atom. The summed E-state index contributed by atoms with van der Waals surface area (Å²) in [6.45, 7) is 4.86. The number of hydrogen-bond acceptors (Lipinski definition) is 5. The van der Waals surface area contributed by atoms with Crippen molar-refractivity contribution in [1.82, 2.24) is 5.32 Å². The van der Waals surface area contributed by atoms with E-state index in [1.165, 1.54) is 199 Å². The van der Waals surface area contributed by atoms with Crippen LogP contribution >= 0.6 is 0 Å². The fourth-order valence-corrected chi connectivity index (χ4v) is 8.60. The van der Waals surface area contributed by atoms with E-state index in [1.807, 2.05) is 6.08 Å². The first kappa shape index (κ1) is 63.8. The fourth-order valence-electron chi connectivity index (χ4n) is 8.60. The van der Waals surface area contributed by atoms with Gasteiger partial charge in [0.2, 0.25) is 5.91 Å². The normalized spacial score (nSPS) is 13.0. The summed E-state index contributed by atoms with van der Waals surface area (Å²) in [5, 5.41) is 23.0. The van der Waals surface area contributed by atoms with Crippen LogP contribution in [0.1, 0.15) is 296 Å². The van der Waals surface area contributed by atoms with Gasteiger partial charge in [0, 0.05) is 12.8 Å². The molecule has 0 saturated carbocycles. The molecule has 0 spiro atoms. The number of aliphatic hydroxyl groups excluding tert-OH is 2. The van der Waals surface area contributed by atoms with Crippen LogP contribution in [0.2, 0.25) is 0 Å². The number of rotatable bonds is 53. The maximum Gasteiger partial charge on any atom is 0.305 e. The molecular formula is C60H111NO5. The quantitative estimate of drug-likeness (QED) is 0.0321. The second kappa shape index (κ2) is 55.4. The van der Waals surface area contributed by atoms with E-state index in [2.05, 4.69) is 55.6 Å². The third-order valence-corrected chi connectivity index (χ3v) is 13.1. The Balaban J connectivity index is 3.47. The highest BCUT2D eigenvalue weighted by Gasteiger charge is 2.18. The summed E-state index contributed by atoms with van der Waals surface area (Å²) >= 11 is 0. The molecule has 1 amide bonds. The highest BCUT2D eigenvalue weighted by Crippen LogP contribution is 2.15. The number of unbranched alkanes of at least 4 members (excludes halogenated alkanes) is 36. The number of esters is 1. The SMILES string of the molecule is CCCCCC/C=C\C/C=C\CCCCCCCCCC(=O)OCCCCCCCCCCC/C=C\CCCCCCCC(=O)NC(CO)C(O)/C=C/CCCCCCCCCCCCC. The van der Waals surface area contributed by atoms with Gasteiger partial charge in [0.25, 0.3) is 0 Å². The van der Waals surface area contributed by atoms with Crippen molar-refractivity contribution >= 4 is 11.9 Å². The zero-order valence-corrected chi connectivity index (χ0v) is 43.9. The second-order valence-electron chi connectivity index (χ2n) is 19.6. The summed E-state index contributed by atoms with van der Waals surface area (Å²) in [5.74, 6) is -0.0892. The Bertz CT molecular complexity index is 1110. The van der Waals surface area contributed by atoms with Crippen LogP contribution < -0.4 is 5.32 Å². The fraction of sp³-hybridized carbons (Fsp3) is 0.833. The molecule has 0 saturated heterocycles. The molecular weight excluding hydrogens is 815 g/mol. The summed E-state index contributed by atoms with van der Waals surface area (Å²) in [6, 6.07) is -0.638. The van der Waals surface area contributed by atoms with Gasteiger partial charge < -0.3 is 20.3 Å². The molecule has 0 aliphatic heterocycles. The van der Waals surface area contributed by atoms with E-state index in [-0.39, 0.29) is 18.5 Å². The van der Waals surface area contributed by atoms with E-state index in [9.17, 15) is 19.8 Å². The molecule has 6 heteroatoms. The molecule has 0 aromatic rings. The number of allylic oxidation sites excluding steroid dienone is 7. The summed E-state index contributed by atoms with van der Waals surface area (Å²) in [6.07, 6.45) is 69.8. The molecule has 0 aliphatic carbocycles. The lowest BCUT2D eigenvalue weighted by atomic mass is 10.0. The Morgan fingerprint density at radius 1 is 0.424 bits per heavy atom. The summed E-state index contributed by atoms with van der Waals surface area (Å²) in [4.78, 5) is 24.5. The van der Waals surface area contributed by atoms with Crippen LogP contribution in [0.3, 0.4) is 0 Å². The molecule has 0 fully saturated rings. The van der Waals surface area contributed by atoms with E-state index < -0.39 is 12.1 Å². The highest BCUT2D eigenvalue weighted by atomic mass is 16.5. The van der Waals surface area contributed by atoms with Gasteiger partial charge in [-0.1, -0.05) is 242 Å². The van der Waals surface area contributed by atoms with Gasteiger partial charge in [0.05, 0.1) is 25.4 Å². The van der Waals surface area contributed by atoms with Crippen LogP contribution in [0.15, 0.2) is 48.6 Å². The van der Waals surface area contributed by atoms with E-state index in [1.54, 1.807) is 6.08 Å². The van der Waals surface area contributed by atoms with E-state index in [0.717, 1.165) is 70.6 Å². The summed E-state index contributed by atoms with van der Waals surface area (Å²) < 4.78 is 5.48. The minimum atomic E-state index is -0.853. The van der Waals surface area contributed by atoms with Gasteiger partial charge >= 0.3 is 5.97 Å². The lowest BCUT2D eigenvalue weighted by Gasteiger charge is -2.20.